The van der Waals surface area contributed by atoms with Gasteiger partial charge in [-0.05, 0) is 68.7 Å². The van der Waals surface area contributed by atoms with E-state index in [9.17, 15) is 48.6 Å². The summed E-state index contributed by atoms with van der Waals surface area (Å²) in [6, 6.07) is 6.87. The van der Waals surface area contributed by atoms with E-state index in [0.717, 1.165) is 5.56 Å². The van der Waals surface area contributed by atoms with E-state index < -0.39 is 102 Å². The molecule has 2 aromatic rings. The summed E-state index contributed by atoms with van der Waals surface area (Å²) in [5, 5.41) is 32.5. The van der Waals surface area contributed by atoms with Gasteiger partial charge in [0.15, 0.2) is 5.78 Å². The molecule has 0 spiro atoms. The first-order valence-corrected chi connectivity index (χ1v) is 20.1. The number of phenols is 1. The van der Waals surface area contributed by atoms with Crippen LogP contribution in [0.15, 0.2) is 54.6 Å². The van der Waals surface area contributed by atoms with Crippen LogP contribution >= 0.6 is 0 Å². The summed E-state index contributed by atoms with van der Waals surface area (Å²) in [6.45, 7) is 9.56. The van der Waals surface area contributed by atoms with Gasteiger partial charge in [-0.1, -0.05) is 70.2 Å². The van der Waals surface area contributed by atoms with E-state index in [0.29, 0.717) is 12.0 Å². The van der Waals surface area contributed by atoms with Crippen LogP contribution in [0.5, 0.6) is 5.75 Å². The molecule has 18 heteroatoms. The lowest BCUT2D eigenvalue weighted by atomic mass is 10.0. The van der Waals surface area contributed by atoms with E-state index in [1.165, 1.54) is 43.0 Å². The molecular weight excluding hydrogens is 777 g/mol. The zero-order valence-corrected chi connectivity index (χ0v) is 35.2. The van der Waals surface area contributed by atoms with E-state index in [-0.39, 0.29) is 43.9 Å². The number of ketones is 1. The highest BCUT2D eigenvalue weighted by atomic mass is 16.4. The van der Waals surface area contributed by atoms with Gasteiger partial charge in [-0.25, -0.2) is 4.79 Å². The number of aliphatic carboxylic acids is 1. The summed E-state index contributed by atoms with van der Waals surface area (Å²) >= 11 is 0. The Hall–Kier alpha value is -5.88. The van der Waals surface area contributed by atoms with Gasteiger partial charge in [0.25, 0.3) is 0 Å². The van der Waals surface area contributed by atoms with Crippen molar-refractivity contribution in [3.05, 3.63) is 65.7 Å². The predicted octanol–water partition coefficient (Wildman–Crippen LogP) is 0.0343. The number of benzene rings is 2. The SMILES string of the molecule is CCCN(C(=O)C(Cc1ccc(O)cc1)NC(=O)C(CC(N)=O)NC(=O)CNC(CC)C(=O)C(C)NC(=O)C(N)Cc1ccccc1)C(C)C(=O)NC(CC(C)C)C(=O)O. The molecule has 11 N–H and O–H groups in total. The number of carboxylic acids is 1. The third kappa shape index (κ3) is 16.8. The number of hydrogen-bond donors (Lipinski definition) is 9. The molecular formula is C42H62N8O10. The van der Waals surface area contributed by atoms with Gasteiger partial charge in [0.05, 0.1) is 31.1 Å². The Morgan fingerprint density at radius 1 is 0.717 bits per heavy atom. The maximum absolute atomic E-state index is 14.3. The van der Waals surface area contributed by atoms with Crippen LogP contribution in [0, 0.1) is 5.92 Å². The summed E-state index contributed by atoms with van der Waals surface area (Å²) in [5.74, 6) is -6.43. The Kier molecular flexibility index (Phi) is 20.9. The van der Waals surface area contributed by atoms with Crippen molar-refractivity contribution in [2.75, 3.05) is 13.1 Å². The molecule has 18 nitrogen and oxygen atoms in total. The van der Waals surface area contributed by atoms with E-state index in [4.69, 9.17) is 11.5 Å². The Balaban J connectivity index is 2.23. The summed E-state index contributed by atoms with van der Waals surface area (Å²) < 4.78 is 0. The molecule has 0 aliphatic carbocycles. The van der Waals surface area contributed by atoms with Crippen LogP contribution in [0.4, 0.5) is 0 Å². The molecule has 0 aromatic heterocycles. The standard InChI is InChI=1S/C42H62N8O10/c1-7-18-50(26(6)38(55)49-34(42(59)60)19-24(3)4)41(58)33(21-28-14-16-29(51)17-15-28)48-40(57)32(22-35(44)52)47-36(53)23-45-31(8-2)37(54)25(5)46-39(56)30(43)20-27-12-10-9-11-13-27/h9-17,24-26,30-34,45,51H,7-8,18-23,43H2,1-6H3,(H2,44,52)(H,46,56)(H,47,53)(H,48,57)(H,49,55)(H,59,60). The van der Waals surface area contributed by atoms with Crippen LogP contribution < -0.4 is 38.1 Å². The van der Waals surface area contributed by atoms with Crippen molar-refractivity contribution in [3.63, 3.8) is 0 Å². The van der Waals surface area contributed by atoms with Gasteiger partial charge in [0, 0.05) is 13.0 Å². The highest BCUT2D eigenvalue weighted by Crippen LogP contribution is 2.15. The second-order valence-corrected chi connectivity index (χ2v) is 15.2. The van der Waals surface area contributed by atoms with Crippen molar-refractivity contribution in [1.82, 2.24) is 31.5 Å². The maximum atomic E-state index is 14.3. The Bertz CT molecular complexity index is 1780. The van der Waals surface area contributed by atoms with Crippen LogP contribution in [-0.2, 0) is 51.2 Å². The fourth-order valence-corrected chi connectivity index (χ4v) is 6.37. The molecule has 0 aliphatic heterocycles. The molecule has 330 valence electrons. The number of carboxylic acid groups (broad SMARTS) is 1. The summed E-state index contributed by atoms with van der Waals surface area (Å²) in [4.78, 5) is 106. The lowest BCUT2D eigenvalue weighted by molar-refractivity contribution is -0.146. The number of nitrogens with two attached hydrogens (primary N) is 2. The number of nitrogens with zero attached hydrogens (tertiary/aromatic N) is 1. The Morgan fingerprint density at radius 3 is 1.87 bits per heavy atom. The Labute approximate surface area is 351 Å². The quantitative estimate of drug-likeness (QED) is 0.0607. The number of hydrogen-bond acceptors (Lipinski definition) is 11. The fraction of sp³-hybridized carbons (Fsp3) is 0.524. The minimum Gasteiger partial charge on any atom is -0.508 e. The van der Waals surface area contributed by atoms with Crippen LogP contribution in [0.25, 0.3) is 0 Å². The van der Waals surface area contributed by atoms with Gasteiger partial charge >= 0.3 is 5.97 Å². The first-order chi connectivity index (χ1) is 28.3. The van der Waals surface area contributed by atoms with E-state index in [1.807, 2.05) is 30.3 Å². The van der Waals surface area contributed by atoms with Crippen LogP contribution in [-0.4, -0.2) is 118 Å². The number of Topliss-reactive ketones (excluding diaryl/α,β-unsaturated/α-hetero) is 1. The molecule has 0 fully saturated rings. The van der Waals surface area contributed by atoms with E-state index >= 15 is 0 Å². The molecule has 0 saturated carbocycles. The average Bonchev–Trinajstić information content (AvgIpc) is 3.19. The van der Waals surface area contributed by atoms with Crippen molar-refractivity contribution in [1.29, 1.82) is 0 Å². The van der Waals surface area contributed by atoms with E-state index in [1.54, 1.807) is 27.7 Å². The zero-order chi connectivity index (χ0) is 45.1. The smallest absolute Gasteiger partial charge is 0.326 e. The highest BCUT2D eigenvalue weighted by molar-refractivity contribution is 5.97. The minimum absolute atomic E-state index is 0.0461. The first-order valence-electron chi connectivity index (χ1n) is 20.1. The molecule has 7 atom stereocenters. The number of carbonyl (C=O) groups is 8. The summed E-state index contributed by atoms with van der Waals surface area (Å²) in [7, 11) is 0. The minimum atomic E-state index is -1.57. The number of nitrogens with one attached hydrogen (secondary N) is 5. The average molecular weight is 839 g/mol. The summed E-state index contributed by atoms with van der Waals surface area (Å²) in [6.07, 6.45) is 0.220. The molecule has 0 saturated heterocycles. The molecule has 2 rings (SSSR count). The van der Waals surface area contributed by atoms with Crippen LogP contribution in [0.2, 0.25) is 0 Å². The van der Waals surface area contributed by atoms with E-state index in [2.05, 4.69) is 26.6 Å². The lowest BCUT2D eigenvalue weighted by Crippen LogP contribution is -2.60. The molecule has 2 aromatic carbocycles. The number of aromatic hydroxyl groups is 1. The van der Waals surface area contributed by atoms with Gasteiger partial charge in [0.2, 0.25) is 35.4 Å². The second-order valence-electron chi connectivity index (χ2n) is 15.2. The van der Waals surface area contributed by atoms with Gasteiger partial charge < -0.3 is 47.8 Å². The molecule has 6 amide bonds. The largest absolute Gasteiger partial charge is 0.508 e. The van der Waals surface area contributed by atoms with Crippen molar-refractivity contribution >= 4 is 47.2 Å². The van der Waals surface area contributed by atoms with Crippen LogP contribution in [0.1, 0.15) is 78.4 Å². The zero-order valence-electron chi connectivity index (χ0n) is 35.2. The fourth-order valence-electron chi connectivity index (χ4n) is 6.37. The topological polar surface area (TPSA) is 292 Å². The third-order valence-corrected chi connectivity index (χ3v) is 9.65. The van der Waals surface area contributed by atoms with Crippen LogP contribution in [0.3, 0.4) is 0 Å². The summed E-state index contributed by atoms with van der Waals surface area (Å²) in [5.41, 5.74) is 12.9. The van der Waals surface area contributed by atoms with Crippen molar-refractivity contribution < 1.29 is 48.6 Å². The van der Waals surface area contributed by atoms with Gasteiger partial charge in [-0.3, -0.25) is 38.9 Å². The van der Waals surface area contributed by atoms with Crippen molar-refractivity contribution in [3.8, 4) is 5.75 Å². The normalized spacial score (nSPS) is 14.6. The molecule has 0 aliphatic rings. The third-order valence-electron chi connectivity index (χ3n) is 9.65. The van der Waals surface area contributed by atoms with Gasteiger partial charge in [-0.15, -0.1) is 0 Å². The predicted molar refractivity (Wildman–Crippen MR) is 223 cm³/mol. The van der Waals surface area contributed by atoms with Gasteiger partial charge in [-0.2, -0.15) is 0 Å². The monoisotopic (exact) mass is 838 g/mol. The molecule has 0 bridgehead atoms. The molecule has 60 heavy (non-hydrogen) atoms. The maximum Gasteiger partial charge on any atom is 0.326 e. The number of carbonyl (C=O) groups excluding carboxylic acids is 7. The molecule has 7 unspecified atom stereocenters. The number of primary amides is 1. The highest BCUT2D eigenvalue weighted by Gasteiger charge is 2.35. The molecule has 0 heterocycles. The van der Waals surface area contributed by atoms with Gasteiger partial charge in [0.1, 0.15) is 29.9 Å². The molecule has 0 radical (unpaired) electrons. The number of amides is 6. The second kappa shape index (κ2) is 24.9. The number of phenolic OH excluding ortho intramolecular Hbond substituents is 1. The van der Waals surface area contributed by atoms with Crippen molar-refractivity contribution in [2.24, 2.45) is 17.4 Å². The van der Waals surface area contributed by atoms with Crippen molar-refractivity contribution in [2.45, 2.75) is 122 Å². The lowest BCUT2D eigenvalue weighted by Gasteiger charge is -2.33. The Morgan fingerprint density at radius 2 is 1.32 bits per heavy atom. The number of rotatable bonds is 26. The first kappa shape index (κ1) is 50.3.